The molecule has 1 aliphatic heterocycles. The number of β-amino-alcohol motifs (C(OH)–C–C–N with tert-alkyl or cyclic N) is 1. The molecule has 1 unspecified atom stereocenters. The van der Waals surface area contributed by atoms with Gasteiger partial charge in [0, 0.05) is 32.7 Å². The molecule has 3 rings (SSSR count). The van der Waals surface area contributed by atoms with E-state index < -0.39 is 11.9 Å². The largest absolute Gasteiger partial charge is 0.389 e. The lowest BCUT2D eigenvalue weighted by Crippen LogP contribution is -2.51. The molecule has 5 nitrogen and oxygen atoms in total. The average Bonchev–Trinajstić information content (AvgIpc) is 2.69. The lowest BCUT2D eigenvalue weighted by atomic mass is 10.1. The van der Waals surface area contributed by atoms with Gasteiger partial charge in [-0.2, -0.15) is 0 Å². The van der Waals surface area contributed by atoms with Crippen molar-refractivity contribution in [1.82, 2.24) is 9.80 Å². The number of rotatable bonds is 7. The molecule has 1 atom stereocenters. The maximum Gasteiger partial charge on any atom is 0.256 e. The summed E-state index contributed by atoms with van der Waals surface area (Å²) in [6.45, 7) is 3.57. The van der Waals surface area contributed by atoms with E-state index in [1.54, 1.807) is 17.0 Å². The van der Waals surface area contributed by atoms with Crippen molar-refractivity contribution in [1.29, 1.82) is 0 Å². The highest BCUT2D eigenvalue weighted by molar-refractivity contribution is 5.94. The molecule has 0 saturated carbocycles. The number of benzene rings is 2. The number of ether oxygens (including phenoxy) is 1. The van der Waals surface area contributed by atoms with Gasteiger partial charge in [-0.05, 0) is 17.7 Å². The molecule has 1 fully saturated rings. The summed E-state index contributed by atoms with van der Waals surface area (Å²) in [4.78, 5) is 16.2. The van der Waals surface area contributed by atoms with Crippen LogP contribution in [0.25, 0.3) is 0 Å². The van der Waals surface area contributed by atoms with Gasteiger partial charge in [-0.1, -0.05) is 42.5 Å². The van der Waals surface area contributed by atoms with E-state index in [1.165, 1.54) is 12.1 Å². The van der Waals surface area contributed by atoms with Crippen LogP contribution in [-0.2, 0) is 11.3 Å². The van der Waals surface area contributed by atoms with Gasteiger partial charge >= 0.3 is 0 Å². The second kappa shape index (κ2) is 9.60. The number of hydrogen-bond donors (Lipinski definition) is 1. The van der Waals surface area contributed by atoms with Gasteiger partial charge in [0.15, 0.2) is 0 Å². The zero-order valence-electron chi connectivity index (χ0n) is 15.3. The Morgan fingerprint density at radius 3 is 2.41 bits per heavy atom. The van der Waals surface area contributed by atoms with Crippen molar-refractivity contribution in [3.8, 4) is 0 Å². The SMILES string of the molecule is O=C(c1ccccc1F)N1CCN(CC(O)COCc2ccccc2)CC1. The van der Waals surface area contributed by atoms with Gasteiger partial charge < -0.3 is 14.7 Å². The molecule has 1 N–H and O–H groups in total. The molecule has 27 heavy (non-hydrogen) atoms. The molecular formula is C21H25FN2O3. The average molecular weight is 372 g/mol. The normalized spacial score (nSPS) is 16.3. The summed E-state index contributed by atoms with van der Waals surface area (Å²) >= 11 is 0. The molecule has 144 valence electrons. The van der Waals surface area contributed by atoms with Gasteiger partial charge in [-0.25, -0.2) is 4.39 Å². The van der Waals surface area contributed by atoms with Gasteiger partial charge in [0.05, 0.1) is 24.9 Å². The number of hydrogen-bond acceptors (Lipinski definition) is 4. The molecule has 1 aliphatic rings. The van der Waals surface area contributed by atoms with Crippen molar-refractivity contribution in [2.45, 2.75) is 12.7 Å². The quantitative estimate of drug-likeness (QED) is 0.809. The standard InChI is InChI=1S/C21H25FN2O3/c22-20-9-5-4-8-19(20)21(26)24-12-10-23(11-13-24)14-18(25)16-27-15-17-6-2-1-3-7-17/h1-9,18,25H,10-16H2. The van der Waals surface area contributed by atoms with Crippen LogP contribution in [0.2, 0.25) is 0 Å². The van der Waals surface area contributed by atoms with E-state index in [2.05, 4.69) is 4.90 Å². The van der Waals surface area contributed by atoms with Crippen LogP contribution in [0.3, 0.4) is 0 Å². The fourth-order valence-electron chi connectivity index (χ4n) is 3.18. The van der Waals surface area contributed by atoms with Gasteiger partial charge in [0.25, 0.3) is 5.91 Å². The van der Waals surface area contributed by atoms with Gasteiger partial charge in [0.1, 0.15) is 5.82 Å². The number of halogens is 1. The number of aliphatic hydroxyl groups excluding tert-OH is 1. The monoisotopic (exact) mass is 372 g/mol. The number of aliphatic hydroxyl groups is 1. The Hall–Kier alpha value is -2.28. The smallest absolute Gasteiger partial charge is 0.256 e. The molecule has 0 spiro atoms. The molecule has 0 aliphatic carbocycles. The Labute approximate surface area is 159 Å². The van der Waals surface area contributed by atoms with Crippen LogP contribution >= 0.6 is 0 Å². The first kappa shape index (κ1) is 19.5. The minimum Gasteiger partial charge on any atom is -0.389 e. The number of amides is 1. The lowest BCUT2D eigenvalue weighted by molar-refractivity contribution is 0.00202. The van der Waals surface area contributed by atoms with Crippen LogP contribution in [0, 0.1) is 5.82 Å². The lowest BCUT2D eigenvalue weighted by Gasteiger charge is -2.35. The molecule has 0 aromatic heterocycles. The number of piperazine rings is 1. The van der Waals surface area contributed by atoms with Gasteiger partial charge in [-0.3, -0.25) is 9.69 Å². The zero-order chi connectivity index (χ0) is 19.1. The van der Waals surface area contributed by atoms with E-state index in [1.807, 2.05) is 30.3 Å². The van der Waals surface area contributed by atoms with Crippen LogP contribution in [0.4, 0.5) is 4.39 Å². The molecule has 0 radical (unpaired) electrons. The molecule has 1 amide bonds. The van der Waals surface area contributed by atoms with Crippen molar-refractivity contribution >= 4 is 5.91 Å². The van der Waals surface area contributed by atoms with E-state index in [0.717, 1.165) is 5.56 Å². The van der Waals surface area contributed by atoms with Crippen LogP contribution in [0.5, 0.6) is 0 Å². The summed E-state index contributed by atoms with van der Waals surface area (Å²) in [6, 6.07) is 15.9. The van der Waals surface area contributed by atoms with Crippen molar-refractivity contribution in [2.24, 2.45) is 0 Å². The Kier molecular flexibility index (Phi) is 6.92. The first-order valence-corrected chi connectivity index (χ1v) is 9.19. The third-order valence-corrected chi connectivity index (χ3v) is 4.65. The molecule has 6 heteroatoms. The minimum absolute atomic E-state index is 0.111. The first-order valence-electron chi connectivity index (χ1n) is 9.19. The molecule has 1 heterocycles. The molecule has 0 bridgehead atoms. The zero-order valence-corrected chi connectivity index (χ0v) is 15.3. The highest BCUT2D eigenvalue weighted by Crippen LogP contribution is 2.12. The summed E-state index contributed by atoms with van der Waals surface area (Å²) in [5.41, 5.74) is 1.19. The Balaban J connectivity index is 1.39. The molecule has 2 aromatic rings. The maximum absolute atomic E-state index is 13.8. The third kappa shape index (κ3) is 5.60. The highest BCUT2D eigenvalue weighted by Gasteiger charge is 2.24. The summed E-state index contributed by atoms with van der Waals surface area (Å²) in [7, 11) is 0. The summed E-state index contributed by atoms with van der Waals surface area (Å²) in [5.74, 6) is -0.768. The Bertz CT molecular complexity index is 733. The van der Waals surface area contributed by atoms with Crippen molar-refractivity contribution < 1.29 is 19.0 Å². The molecular weight excluding hydrogens is 347 g/mol. The van der Waals surface area contributed by atoms with E-state index in [9.17, 15) is 14.3 Å². The van der Waals surface area contributed by atoms with E-state index in [0.29, 0.717) is 39.3 Å². The second-order valence-corrected chi connectivity index (χ2v) is 6.73. The van der Waals surface area contributed by atoms with E-state index >= 15 is 0 Å². The van der Waals surface area contributed by atoms with Crippen LogP contribution < -0.4 is 0 Å². The molecule has 1 saturated heterocycles. The first-order chi connectivity index (χ1) is 13.1. The summed E-state index contributed by atoms with van der Waals surface area (Å²) < 4.78 is 19.4. The molecule has 2 aromatic carbocycles. The minimum atomic E-state index is -0.581. The van der Waals surface area contributed by atoms with Crippen LogP contribution in [0.1, 0.15) is 15.9 Å². The van der Waals surface area contributed by atoms with Crippen LogP contribution in [-0.4, -0.2) is 66.2 Å². The fraction of sp³-hybridized carbons (Fsp3) is 0.381. The highest BCUT2D eigenvalue weighted by atomic mass is 19.1. The number of carbonyl (C=O) groups is 1. The van der Waals surface area contributed by atoms with Gasteiger partial charge in [0.2, 0.25) is 0 Å². The number of nitrogens with zero attached hydrogens (tertiary/aromatic N) is 2. The number of carbonyl (C=O) groups excluding carboxylic acids is 1. The topological polar surface area (TPSA) is 53.0 Å². The van der Waals surface area contributed by atoms with Crippen molar-refractivity contribution in [3.63, 3.8) is 0 Å². The van der Waals surface area contributed by atoms with Gasteiger partial charge in [-0.15, -0.1) is 0 Å². The van der Waals surface area contributed by atoms with E-state index in [4.69, 9.17) is 4.74 Å². The maximum atomic E-state index is 13.8. The van der Waals surface area contributed by atoms with E-state index in [-0.39, 0.29) is 18.1 Å². The summed E-state index contributed by atoms with van der Waals surface area (Å²) in [6.07, 6.45) is -0.581. The summed E-state index contributed by atoms with van der Waals surface area (Å²) in [5, 5.41) is 10.2. The fourth-order valence-corrected chi connectivity index (χ4v) is 3.18. The second-order valence-electron chi connectivity index (χ2n) is 6.73. The van der Waals surface area contributed by atoms with Crippen LogP contribution in [0.15, 0.2) is 54.6 Å². The predicted octanol–water partition coefficient (Wildman–Crippen LogP) is 2.16. The predicted molar refractivity (Wildman–Crippen MR) is 101 cm³/mol. The Morgan fingerprint density at radius 2 is 1.70 bits per heavy atom. The Morgan fingerprint density at radius 1 is 1.04 bits per heavy atom. The van der Waals surface area contributed by atoms with Crippen molar-refractivity contribution in [2.75, 3.05) is 39.3 Å². The van der Waals surface area contributed by atoms with Crippen molar-refractivity contribution in [3.05, 3.63) is 71.5 Å². The third-order valence-electron chi connectivity index (χ3n) is 4.65.